The minimum absolute atomic E-state index is 0.0724. The lowest BCUT2D eigenvalue weighted by atomic mass is 9.94. The number of carbonyl (C=O) groups excluding carboxylic acids is 1. The summed E-state index contributed by atoms with van der Waals surface area (Å²) in [6, 6.07) is 14.5. The third-order valence-electron chi connectivity index (χ3n) is 5.43. The zero-order chi connectivity index (χ0) is 19.3. The Kier molecular flexibility index (Phi) is 5.51. The molecule has 1 fully saturated rings. The van der Waals surface area contributed by atoms with Crippen LogP contribution in [0.15, 0.2) is 67.3 Å². The normalized spacial score (nSPS) is 17.3. The van der Waals surface area contributed by atoms with Gasteiger partial charge in [0.15, 0.2) is 0 Å². The quantitative estimate of drug-likeness (QED) is 0.672. The van der Waals surface area contributed by atoms with Gasteiger partial charge in [0, 0.05) is 43.5 Å². The summed E-state index contributed by atoms with van der Waals surface area (Å²) >= 11 is 0. The highest BCUT2D eigenvalue weighted by Crippen LogP contribution is 2.27. The fourth-order valence-electron chi connectivity index (χ4n) is 3.86. The summed E-state index contributed by atoms with van der Waals surface area (Å²) in [6.45, 7) is 2.19. The largest absolute Gasteiger partial charge is 0.338 e. The average Bonchev–Trinajstić information content (AvgIpc) is 3.10. The Hall–Kier alpha value is -2.95. The van der Waals surface area contributed by atoms with Crippen molar-refractivity contribution in [3.05, 3.63) is 89.8 Å². The van der Waals surface area contributed by atoms with E-state index in [2.05, 4.69) is 4.98 Å². The molecule has 3 aromatic rings. The Morgan fingerprint density at radius 1 is 1.07 bits per heavy atom. The van der Waals surface area contributed by atoms with Crippen molar-refractivity contribution in [2.45, 2.75) is 31.7 Å². The van der Waals surface area contributed by atoms with E-state index < -0.39 is 0 Å². The molecule has 144 valence electrons. The molecule has 4 rings (SSSR count). The lowest BCUT2D eigenvalue weighted by Crippen LogP contribution is -2.34. The molecule has 1 amide bonds. The Labute approximate surface area is 164 Å². The SMILES string of the molecule is O=C(c1ccc(Cn2ccnc2)cc1)N1CCCC[C@@H](c2ccc(F)cc2)C1. The predicted octanol–water partition coefficient (Wildman–Crippen LogP) is 4.48. The van der Waals surface area contributed by atoms with E-state index in [-0.39, 0.29) is 17.6 Å². The molecule has 0 spiro atoms. The number of imidazole rings is 1. The summed E-state index contributed by atoms with van der Waals surface area (Å²) in [5, 5.41) is 0. The molecule has 2 aromatic carbocycles. The number of hydrogen-bond donors (Lipinski definition) is 0. The van der Waals surface area contributed by atoms with Crippen molar-refractivity contribution in [2.24, 2.45) is 0 Å². The lowest BCUT2D eigenvalue weighted by molar-refractivity contribution is 0.0754. The van der Waals surface area contributed by atoms with E-state index in [4.69, 9.17) is 0 Å². The number of hydrogen-bond acceptors (Lipinski definition) is 2. The Morgan fingerprint density at radius 3 is 2.57 bits per heavy atom. The van der Waals surface area contributed by atoms with Crippen LogP contribution in [-0.2, 0) is 6.54 Å². The van der Waals surface area contributed by atoms with Crippen molar-refractivity contribution in [3.8, 4) is 0 Å². The van der Waals surface area contributed by atoms with E-state index in [0.29, 0.717) is 12.1 Å². The zero-order valence-electron chi connectivity index (χ0n) is 15.8. The highest BCUT2D eigenvalue weighted by Gasteiger charge is 2.24. The van der Waals surface area contributed by atoms with Gasteiger partial charge in [0.25, 0.3) is 5.91 Å². The Balaban J connectivity index is 1.46. The van der Waals surface area contributed by atoms with Gasteiger partial charge in [-0.1, -0.05) is 30.7 Å². The van der Waals surface area contributed by atoms with Crippen molar-refractivity contribution in [2.75, 3.05) is 13.1 Å². The highest BCUT2D eigenvalue weighted by atomic mass is 19.1. The van der Waals surface area contributed by atoms with Crippen molar-refractivity contribution >= 4 is 5.91 Å². The fraction of sp³-hybridized carbons (Fsp3) is 0.304. The number of aromatic nitrogens is 2. The van der Waals surface area contributed by atoms with Gasteiger partial charge in [-0.15, -0.1) is 0 Å². The smallest absolute Gasteiger partial charge is 0.253 e. The van der Waals surface area contributed by atoms with E-state index >= 15 is 0 Å². The van der Waals surface area contributed by atoms with Gasteiger partial charge in [0.2, 0.25) is 0 Å². The second-order valence-electron chi connectivity index (χ2n) is 7.43. The van der Waals surface area contributed by atoms with Crippen LogP contribution in [0.2, 0.25) is 0 Å². The number of carbonyl (C=O) groups is 1. The highest BCUT2D eigenvalue weighted by molar-refractivity contribution is 5.94. The van der Waals surface area contributed by atoms with Crippen LogP contribution in [0.5, 0.6) is 0 Å². The molecule has 0 bridgehead atoms. The van der Waals surface area contributed by atoms with E-state index in [0.717, 1.165) is 43.5 Å². The van der Waals surface area contributed by atoms with Gasteiger partial charge >= 0.3 is 0 Å². The van der Waals surface area contributed by atoms with Gasteiger partial charge < -0.3 is 9.47 Å². The molecule has 0 aliphatic carbocycles. The van der Waals surface area contributed by atoms with Crippen LogP contribution in [0.1, 0.15) is 46.7 Å². The van der Waals surface area contributed by atoms with Crippen LogP contribution in [-0.4, -0.2) is 33.4 Å². The molecule has 0 N–H and O–H groups in total. The average molecular weight is 377 g/mol. The summed E-state index contributed by atoms with van der Waals surface area (Å²) < 4.78 is 15.2. The van der Waals surface area contributed by atoms with E-state index in [1.807, 2.05) is 52.1 Å². The van der Waals surface area contributed by atoms with E-state index in [1.165, 1.54) is 12.1 Å². The van der Waals surface area contributed by atoms with Crippen molar-refractivity contribution in [3.63, 3.8) is 0 Å². The van der Waals surface area contributed by atoms with E-state index in [1.54, 1.807) is 12.5 Å². The summed E-state index contributed by atoms with van der Waals surface area (Å²) in [5.74, 6) is 0.108. The molecule has 0 unspecified atom stereocenters. The van der Waals surface area contributed by atoms with Crippen molar-refractivity contribution < 1.29 is 9.18 Å². The van der Waals surface area contributed by atoms with Gasteiger partial charge in [0.1, 0.15) is 5.82 Å². The monoisotopic (exact) mass is 377 g/mol. The first-order valence-corrected chi connectivity index (χ1v) is 9.78. The summed E-state index contributed by atoms with van der Waals surface area (Å²) in [4.78, 5) is 19.1. The van der Waals surface area contributed by atoms with Gasteiger partial charge in [-0.25, -0.2) is 9.37 Å². The molecule has 4 nitrogen and oxygen atoms in total. The molecule has 0 radical (unpaired) electrons. The van der Waals surface area contributed by atoms with Crippen LogP contribution < -0.4 is 0 Å². The van der Waals surface area contributed by atoms with E-state index in [9.17, 15) is 9.18 Å². The topological polar surface area (TPSA) is 38.1 Å². The lowest BCUT2D eigenvalue weighted by Gasteiger charge is -2.25. The zero-order valence-corrected chi connectivity index (χ0v) is 15.8. The molecule has 0 saturated carbocycles. The van der Waals surface area contributed by atoms with Crippen molar-refractivity contribution in [1.82, 2.24) is 14.5 Å². The van der Waals surface area contributed by atoms with Crippen LogP contribution >= 0.6 is 0 Å². The Morgan fingerprint density at radius 2 is 1.86 bits per heavy atom. The molecule has 1 aromatic heterocycles. The molecule has 1 saturated heterocycles. The number of benzene rings is 2. The molecular formula is C23H24FN3O. The maximum Gasteiger partial charge on any atom is 0.253 e. The van der Waals surface area contributed by atoms with Crippen LogP contribution in [0.25, 0.3) is 0 Å². The van der Waals surface area contributed by atoms with Gasteiger partial charge in [-0.05, 0) is 48.2 Å². The third-order valence-corrected chi connectivity index (χ3v) is 5.43. The minimum Gasteiger partial charge on any atom is -0.338 e. The molecular weight excluding hydrogens is 353 g/mol. The summed E-state index contributed by atoms with van der Waals surface area (Å²) in [5.41, 5.74) is 2.96. The Bertz CT molecular complexity index is 904. The third kappa shape index (κ3) is 4.30. The van der Waals surface area contributed by atoms with Gasteiger partial charge in [0.05, 0.1) is 6.33 Å². The first-order valence-electron chi connectivity index (χ1n) is 9.78. The van der Waals surface area contributed by atoms with Gasteiger partial charge in [-0.2, -0.15) is 0 Å². The maximum absolute atomic E-state index is 13.2. The molecule has 28 heavy (non-hydrogen) atoms. The molecule has 1 aliphatic rings. The number of nitrogens with zero attached hydrogens (tertiary/aromatic N) is 3. The van der Waals surface area contributed by atoms with Gasteiger partial charge in [-0.3, -0.25) is 4.79 Å². The first-order chi connectivity index (χ1) is 13.7. The minimum atomic E-state index is -0.221. The number of halogens is 1. The fourth-order valence-corrected chi connectivity index (χ4v) is 3.86. The van der Waals surface area contributed by atoms with Crippen molar-refractivity contribution in [1.29, 1.82) is 0 Å². The standard InChI is InChI=1S/C23H24FN3O/c24-22-10-8-19(9-11-22)21-3-1-2-13-27(16-21)23(28)20-6-4-18(5-7-20)15-26-14-12-25-17-26/h4-12,14,17,21H,1-3,13,15-16H2/t21-/m1/s1. The predicted molar refractivity (Wildman–Crippen MR) is 107 cm³/mol. The van der Waals surface area contributed by atoms with Crippen LogP contribution in [0, 0.1) is 5.82 Å². The maximum atomic E-state index is 13.2. The second kappa shape index (κ2) is 8.38. The molecule has 2 heterocycles. The molecule has 1 atom stereocenters. The molecule has 5 heteroatoms. The molecule has 1 aliphatic heterocycles. The van der Waals surface area contributed by atoms with Crippen LogP contribution in [0.4, 0.5) is 4.39 Å². The number of rotatable bonds is 4. The number of likely N-dealkylation sites (tertiary alicyclic amines) is 1. The number of amides is 1. The summed E-state index contributed by atoms with van der Waals surface area (Å²) in [7, 11) is 0. The van der Waals surface area contributed by atoms with Crippen LogP contribution in [0.3, 0.4) is 0 Å². The summed E-state index contributed by atoms with van der Waals surface area (Å²) in [6.07, 6.45) is 8.57. The second-order valence-corrected chi connectivity index (χ2v) is 7.43. The first kappa shape index (κ1) is 18.4.